The summed E-state index contributed by atoms with van der Waals surface area (Å²) < 4.78 is 5.20. The molecule has 1 atom stereocenters. The van der Waals surface area contributed by atoms with Crippen molar-refractivity contribution in [3.8, 4) is 5.75 Å². The lowest BCUT2D eigenvalue weighted by Gasteiger charge is -2.38. The molecular weight excluding hydrogens is 270 g/mol. The Labute approximate surface area is 126 Å². The number of thiocarbonyl (C=S) groups is 1. The van der Waals surface area contributed by atoms with Crippen molar-refractivity contribution in [2.45, 2.75) is 13.0 Å². The summed E-state index contributed by atoms with van der Waals surface area (Å²) in [5.74, 6) is 0.853. The summed E-state index contributed by atoms with van der Waals surface area (Å²) in [4.78, 5) is 5.36. The van der Waals surface area contributed by atoms with Crippen molar-refractivity contribution in [3.63, 3.8) is 0 Å². The molecule has 110 valence electrons. The van der Waals surface area contributed by atoms with Crippen molar-refractivity contribution < 1.29 is 4.74 Å². The molecule has 1 heterocycles. The van der Waals surface area contributed by atoms with Crippen LogP contribution >= 0.6 is 12.2 Å². The molecule has 2 N–H and O–H groups in total. The second-order valence-corrected chi connectivity index (χ2v) is 5.52. The molecular formula is C15H23N3OS. The summed E-state index contributed by atoms with van der Waals surface area (Å²) in [7, 11) is 1.67. The van der Waals surface area contributed by atoms with E-state index in [9.17, 15) is 0 Å². The van der Waals surface area contributed by atoms with Crippen molar-refractivity contribution in [1.82, 2.24) is 9.80 Å². The number of ether oxygens (including phenoxy) is 1. The first-order valence-electron chi connectivity index (χ1n) is 7.05. The zero-order valence-electron chi connectivity index (χ0n) is 12.2. The molecule has 1 aromatic rings. The summed E-state index contributed by atoms with van der Waals surface area (Å²) >= 11 is 5.29. The first-order chi connectivity index (χ1) is 9.65. The first-order valence-corrected chi connectivity index (χ1v) is 7.46. The maximum absolute atomic E-state index is 5.98. The lowest BCUT2D eigenvalue weighted by Crippen LogP contribution is -2.49. The van der Waals surface area contributed by atoms with Gasteiger partial charge in [-0.05, 0) is 24.2 Å². The lowest BCUT2D eigenvalue weighted by molar-refractivity contribution is 0.122. The molecule has 0 saturated carbocycles. The van der Waals surface area contributed by atoms with Crippen LogP contribution in [0.3, 0.4) is 0 Å². The normalized spacial score (nSPS) is 18.7. The molecule has 0 spiro atoms. The zero-order chi connectivity index (χ0) is 14.5. The number of benzene rings is 1. The van der Waals surface area contributed by atoms with Gasteiger partial charge in [-0.1, -0.05) is 31.3 Å². The Morgan fingerprint density at radius 3 is 2.30 bits per heavy atom. The molecule has 1 saturated heterocycles. The highest BCUT2D eigenvalue weighted by Gasteiger charge is 2.26. The molecule has 0 amide bonds. The highest BCUT2D eigenvalue weighted by atomic mass is 32.1. The average Bonchev–Trinajstić information content (AvgIpc) is 2.48. The van der Waals surface area contributed by atoms with Crippen molar-refractivity contribution in [2.75, 3.05) is 39.8 Å². The van der Waals surface area contributed by atoms with Gasteiger partial charge in [0, 0.05) is 26.2 Å². The summed E-state index contributed by atoms with van der Waals surface area (Å²) in [5, 5.41) is 0. The molecule has 0 radical (unpaired) electrons. The molecule has 0 aliphatic carbocycles. The van der Waals surface area contributed by atoms with Crippen molar-refractivity contribution in [3.05, 3.63) is 29.8 Å². The number of hydrogen-bond acceptors (Lipinski definition) is 4. The Morgan fingerprint density at radius 2 is 1.85 bits per heavy atom. The largest absolute Gasteiger partial charge is 0.497 e. The standard InChI is InChI=1S/C15H23N3OS/c1-3-17-8-10-18(11-9-17)14(15(16)20)12-4-6-13(19-2)7-5-12/h4-7,14H,3,8-11H2,1-2H3,(H2,16,20). The van der Waals surface area contributed by atoms with E-state index in [0.29, 0.717) is 4.99 Å². The maximum Gasteiger partial charge on any atom is 0.118 e. The third-order valence-electron chi connectivity index (χ3n) is 3.92. The van der Waals surface area contributed by atoms with E-state index in [4.69, 9.17) is 22.7 Å². The average molecular weight is 293 g/mol. The van der Waals surface area contributed by atoms with Crippen LogP contribution in [0, 0.1) is 0 Å². The predicted molar refractivity (Wildman–Crippen MR) is 86.2 cm³/mol. The second-order valence-electron chi connectivity index (χ2n) is 5.05. The van der Waals surface area contributed by atoms with Crippen molar-refractivity contribution >= 4 is 17.2 Å². The molecule has 1 aliphatic heterocycles. The minimum atomic E-state index is 0.0231. The van der Waals surface area contributed by atoms with E-state index in [1.807, 2.05) is 12.1 Å². The molecule has 1 unspecified atom stereocenters. The topological polar surface area (TPSA) is 41.7 Å². The highest BCUT2D eigenvalue weighted by molar-refractivity contribution is 7.80. The van der Waals surface area contributed by atoms with E-state index in [1.54, 1.807) is 7.11 Å². The van der Waals surface area contributed by atoms with Crippen molar-refractivity contribution in [1.29, 1.82) is 0 Å². The summed E-state index contributed by atoms with van der Waals surface area (Å²) in [5.41, 5.74) is 7.12. The fraction of sp³-hybridized carbons (Fsp3) is 0.533. The van der Waals surface area contributed by atoms with Crippen LogP contribution < -0.4 is 10.5 Å². The quantitative estimate of drug-likeness (QED) is 0.836. The van der Waals surface area contributed by atoms with Crippen LogP contribution in [0.5, 0.6) is 5.75 Å². The zero-order valence-corrected chi connectivity index (χ0v) is 13.0. The van der Waals surface area contributed by atoms with Gasteiger partial charge in [-0.15, -0.1) is 0 Å². The van der Waals surface area contributed by atoms with Gasteiger partial charge in [0.1, 0.15) is 5.75 Å². The fourth-order valence-corrected chi connectivity index (χ4v) is 2.96. The minimum absolute atomic E-state index is 0.0231. The molecule has 20 heavy (non-hydrogen) atoms. The van der Waals surface area contributed by atoms with E-state index in [-0.39, 0.29) is 6.04 Å². The van der Waals surface area contributed by atoms with Gasteiger partial charge in [-0.3, -0.25) is 4.90 Å². The molecule has 1 aliphatic rings. The van der Waals surface area contributed by atoms with Gasteiger partial charge in [0.2, 0.25) is 0 Å². The number of methoxy groups -OCH3 is 1. The number of hydrogen-bond donors (Lipinski definition) is 1. The van der Waals surface area contributed by atoms with Gasteiger partial charge in [-0.2, -0.15) is 0 Å². The second kappa shape index (κ2) is 7.02. The number of likely N-dealkylation sites (N-methyl/N-ethyl adjacent to an activating group) is 1. The van der Waals surface area contributed by atoms with Crippen molar-refractivity contribution in [2.24, 2.45) is 5.73 Å². The Hall–Kier alpha value is -1.17. The molecule has 2 rings (SSSR count). The van der Waals surface area contributed by atoms with Crippen LogP contribution in [-0.4, -0.2) is 54.6 Å². The Morgan fingerprint density at radius 1 is 1.25 bits per heavy atom. The Kier molecular flexibility index (Phi) is 5.34. The van der Waals surface area contributed by atoms with E-state index >= 15 is 0 Å². The fourth-order valence-electron chi connectivity index (χ4n) is 2.68. The van der Waals surface area contributed by atoms with E-state index in [2.05, 4.69) is 28.9 Å². The van der Waals surface area contributed by atoms with Gasteiger partial charge in [0.05, 0.1) is 18.1 Å². The Balaban J connectivity index is 2.12. The first kappa shape index (κ1) is 15.2. The molecule has 4 nitrogen and oxygen atoms in total. The molecule has 1 fully saturated rings. The molecule has 0 aromatic heterocycles. The van der Waals surface area contributed by atoms with Gasteiger partial charge in [0.15, 0.2) is 0 Å². The number of rotatable bonds is 5. The monoisotopic (exact) mass is 293 g/mol. The van der Waals surface area contributed by atoms with Crippen LogP contribution in [0.1, 0.15) is 18.5 Å². The van der Waals surface area contributed by atoms with Crippen LogP contribution in [0.25, 0.3) is 0 Å². The van der Waals surface area contributed by atoms with Crippen LogP contribution in [0.4, 0.5) is 0 Å². The third kappa shape index (κ3) is 3.48. The highest BCUT2D eigenvalue weighted by Crippen LogP contribution is 2.24. The molecule has 5 heteroatoms. The smallest absolute Gasteiger partial charge is 0.118 e. The minimum Gasteiger partial charge on any atom is -0.497 e. The van der Waals surface area contributed by atoms with Gasteiger partial charge < -0.3 is 15.4 Å². The van der Waals surface area contributed by atoms with E-state index in [1.165, 1.54) is 0 Å². The SMILES string of the molecule is CCN1CCN(C(C(N)=S)c2ccc(OC)cc2)CC1. The van der Waals surface area contributed by atoms with Gasteiger partial charge >= 0.3 is 0 Å². The predicted octanol–water partition coefficient (Wildman–Crippen LogP) is 1.66. The number of nitrogens with zero attached hydrogens (tertiary/aromatic N) is 2. The van der Waals surface area contributed by atoms with E-state index < -0.39 is 0 Å². The Bertz CT molecular complexity index is 441. The van der Waals surface area contributed by atoms with Crippen LogP contribution in [0.15, 0.2) is 24.3 Å². The van der Waals surface area contributed by atoms with Crippen LogP contribution in [0.2, 0.25) is 0 Å². The van der Waals surface area contributed by atoms with Gasteiger partial charge in [-0.25, -0.2) is 0 Å². The summed E-state index contributed by atoms with van der Waals surface area (Å²) in [6.07, 6.45) is 0. The number of piperazine rings is 1. The summed E-state index contributed by atoms with van der Waals surface area (Å²) in [6, 6.07) is 8.05. The third-order valence-corrected chi connectivity index (χ3v) is 4.14. The van der Waals surface area contributed by atoms with Crippen LogP contribution in [-0.2, 0) is 0 Å². The molecule has 1 aromatic carbocycles. The number of nitrogens with two attached hydrogens (primary N) is 1. The summed E-state index contributed by atoms with van der Waals surface area (Å²) in [6.45, 7) is 7.46. The lowest BCUT2D eigenvalue weighted by atomic mass is 10.0. The maximum atomic E-state index is 5.98. The molecule has 0 bridgehead atoms. The van der Waals surface area contributed by atoms with E-state index in [0.717, 1.165) is 44.0 Å². The van der Waals surface area contributed by atoms with Gasteiger partial charge in [0.25, 0.3) is 0 Å².